The predicted molar refractivity (Wildman–Crippen MR) is 86.1 cm³/mol. The van der Waals surface area contributed by atoms with Gasteiger partial charge in [0, 0.05) is 37.3 Å². The highest BCUT2D eigenvalue weighted by Crippen LogP contribution is 2.44. The monoisotopic (exact) mass is 283 g/mol. The number of rotatable bonds is 5. The van der Waals surface area contributed by atoms with Gasteiger partial charge in [0.25, 0.3) is 0 Å². The molecule has 0 amide bonds. The molecule has 21 heavy (non-hydrogen) atoms. The fourth-order valence-electron chi connectivity index (χ4n) is 3.85. The number of imidazole rings is 1. The average Bonchev–Trinajstić information content (AvgIpc) is 3.16. The van der Waals surface area contributed by atoms with Crippen LogP contribution in [0.5, 0.6) is 0 Å². The molecule has 3 nitrogen and oxygen atoms in total. The Morgan fingerprint density at radius 2 is 1.95 bits per heavy atom. The van der Waals surface area contributed by atoms with E-state index in [9.17, 15) is 0 Å². The predicted octanol–water partition coefficient (Wildman–Crippen LogP) is 3.19. The Balaban J connectivity index is 1.76. The van der Waals surface area contributed by atoms with Crippen molar-refractivity contribution in [1.29, 1.82) is 0 Å². The molecular formula is C18H25N3. The highest BCUT2D eigenvalue weighted by atomic mass is 15.0. The van der Waals surface area contributed by atoms with Crippen LogP contribution in [0.25, 0.3) is 0 Å². The third-order valence-corrected chi connectivity index (χ3v) is 5.15. The number of nitrogens with zero attached hydrogens (tertiary/aromatic N) is 2. The molecule has 1 atom stereocenters. The molecule has 2 aromatic rings. The van der Waals surface area contributed by atoms with Gasteiger partial charge in [0.05, 0.1) is 0 Å². The van der Waals surface area contributed by atoms with E-state index in [-0.39, 0.29) is 11.5 Å². The van der Waals surface area contributed by atoms with Crippen LogP contribution >= 0.6 is 0 Å². The summed E-state index contributed by atoms with van der Waals surface area (Å²) in [6.07, 6.45) is 10.9. The van der Waals surface area contributed by atoms with Gasteiger partial charge in [-0.25, -0.2) is 4.98 Å². The van der Waals surface area contributed by atoms with E-state index >= 15 is 0 Å². The summed E-state index contributed by atoms with van der Waals surface area (Å²) < 4.78 is 2.09. The molecule has 1 aromatic heterocycles. The van der Waals surface area contributed by atoms with Gasteiger partial charge >= 0.3 is 0 Å². The van der Waals surface area contributed by atoms with E-state index in [0.717, 1.165) is 18.7 Å². The number of aromatic nitrogens is 2. The first-order valence-electron chi connectivity index (χ1n) is 8.00. The Labute approximate surface area is 127 Å². The van der Waals surface area contributed by atoms with Gasteiger partial charge in [-0.2, -0.15) is 0 Å². The molecule has 1 aromatic carbocycles. The van der Waals surface area contributed by atoms with Crippen molar-refractivity contribution in [2.75, 3.05) is 0 Å². The maximum Gasteiger partial charge on any atom is 0.108 e. The first-order valence-corrected chi connectivity index (χ1v) is 8.00. The van der Waals surface area contributed by atoms with Crippen molar-refractivity contribution in [3.05, 3.63) is 54.1 Å². The zero-order chi connectivity index (χ0) is 14.7. The highest BCUT2D eigenvalue weighted by molar-refractivity contribution is 5.29. The first-order chi connectivity index (χ1) is 10.2. The molecular weight excluding hydrogens is 258 g/mol. The van der Waals surface area contributed by atoms with E-state index in [1.165, 1.54) is 31.2 Å². The quantitative estimate of drug-likeness (QED) is 0.916. The molecule has 1 aliphatic carbocycles. The second kappa shape index (κ2) is 6.02. The number of benzene rings is 1. The molecule has 1 aliphatic rings. The Bertz CT molecular complexity index is 567. The molecule has 3 heteroatoms. The third kappa shape index (κ3) is 2.75. The Morgan fingerprint density at radius 1 is 1.24 bits per heavy atom. The molecule has 2 N–H and O–H groups in total. The average molecular weight is 283 g/mol. The van der Waals surface area contributed by atoms with Crippen molar-refractivity contribution in [3.63, 3.8) is 0 Å². The fraction of sp³-hybridized carbons (Fsp3) is 0.500. The summed E-state index contributed by atoms with van der Waals surface area (Å²) in [5.74, 6) is 1.13. The third-order valence-electron chi connectivity index (χ3n) is 5.15. The molecule has 0 aliphatic heterocycles. The van der Waals surface area contributed by atoms with E-state index < -0.39 is 0 Å². The zero-order valence-electron chi connectivity index (χ0n) is 12.8. The van der Waals surface area contributed by atoms with Crippen LogP contribution in [0.3, 0.4) is 0 Å². The molecule has 1 fully saturated rings. The normalized spacial score (nSPS) is 18.8. The van der Waals surface area contributed by atoms with Crippen LogP contribution in [0.15, 0.2) is 42.7 Å². The summed E-state index contributed by atoms with van der Waals surface area (Å²) in [6.45, 7) is 0. The standard InChI is InChI=1S/C18H25N3/c1-21-14-13-20-17(21)10-9-16(19)18(11-5-6-12-18)15-7-3-2-4-8-15/h2-4,7-8,13-14,16H,5-6,9-12,19H2,1H3. The lowest BCUT2D eigenvalue weighted by Gasteiger charge is -2.36. The van der Waals surface area contributed by atoms with Gasteiger partial charge in [0.15, 0.2) is 0 Å². The van der Waals surface area contributed by atoms with Gasteiger partial charge in [-0.15, -0.1) is 0 Å². The van der Waals surface area contributed by atoms with E-state index in [2.05, 4.69) is 46.9 Å². The van der Waals surface area contributed by atoms with E-state index in [1.54, 1.807) is 0 Å². The smallest absolute Gasteiger partial charge is 0.108 e. The lowest BCUT2D eigenvalue weighted by molar-refractivity contribution is 0.332. The van der Waals surface area contributed by atoms with Crippen LogP contribution in [-0.4, -0.2) is 15.6 Å². The number of hydrogen-bond donors (Lipinski definition) is 1. The van der Waals surface area contributed by atoms with Gasteiger partial charge in [0.1, 0.15) is 5.82 Å². The molecule has 0 spiro atoms. The number of hydrogen-bond acceptors (Lipinski definition) is 2. The van der Waals surface area contributed by atoms with E-state index in [4.69, 9.17) is 5.73 Å². The second-order valence-electron chi connectivity index (χ2n) is 6.33. The van der Waals surface area contributed by atoms with Crippen LogP contribution in [0.1, 0.15) is 43.5 Å². The van der Waals surface area contributed by atoms with Crippen molar-refractivity contribution >= 4 is 0 Å². The largest absolute Gasteiger partial charge is 0.338 e. The van der Waals surface area contributed by atoms with Crippen molar-refractivity contribution in [2.45, 2.75) is 50.0 Å². The lowest BCUT2D eigenvalue weighted by Crippen LogP contribution is -2.44. The van der Waals surface area contributed by atoms with Crippen molar-refractivity contribution in [3.8, 4) is 0 Å². The second-order valence-corrected chi connectivity index (χ2v) is 6.33. The van der Waals surface area contributed by atoms with Gasteiger partial charge < -0.3 is 10.3 Å². The first kappa shape index (κ1) is 14.3. The van der Waals surface area contributed by atoms with Crippen LogP contribution in [0.2, 0.25) is 0 Å². The van der Waals surface area contributed by atoms with Crippen LogP contribution in [-0.2, 0) is 18.9 Å². The van der Waals surface area contributed by atoms with Crippen molar-refractivity contribution < 1.29 is 0 Å². The summed E-state index contributed by atoms with van der Waals surface area (Å²) in [4.78, 5) is 4.42. The van der Waals surface area contributed by atoms with Crippen LogP contribution in [0, 0.1) is 0 Å². The van der Waals surface area contributed by atoms with Crippen molar-refractivity contribution in [2.24, 2.45) is 12.8 Å². The van der Waals surface area contributed by atoms with E-state index in [0.29, 0.717) is 0 Å². The molecule has 1 heterocycles. The Hall–Kier alpha value is -1.61. The fourth-order valence-corrected chi connectivity index (χ4v) is 3.85. The molecule has 0 radical (unpaired) electrons. The molecule has 112 valence electrons. The molecule has 1 saturated carbocycles. The minimum Gasteiger partial charge on any atom is -0.338 e. The summed E-state index contributed by atoms with van der Waals surface area (Å²) in [6, 6.07) is 11.1. The Morgan fingerprint density at radius 3 is 2.57 bits per heavy atom. The van der Waals surface area contributed by atoms with Gasteiger partial charge in [-0.3, -0.25) is 0 Å². The SMILES string of the molecule is Cn1ccnc1CCC(N)C1(c2ccccc2)CCCC1. The summed E-state index contributed by atoms with van der Waals surface area (Å²) in [5.41, 5.74) is 8.27. The number of aryl methyl sites for hydroxylation is 2. The molecule has 3 rings (SSSR count). The molecule has 0 bridgehead atoms. The summed E-state index contributed by atoms with van der Waals surface area (Å²) in [5, 5.41) is 0. The highest BCUT2D eigenvalue weighted by Gasteiger charge is 2.40. The zero-order valence-corrected chi connectivity index (χ0v) is 12.8. The van der Waals surface area contributed by atoms with Gasteiger partial charge in [-0.05, 0) is 24.8 Å². The minimum absolute atomic E-state index is 0.173. The van der Waals surface area contributed by atoms with Crippen LogP contribution in [0.4, 0.5) is 0 Å². The van der Waals surface area contributed by atoms with Crippen LogP contribution < -0.4 is 5.73 Å². The molecule has 1 unspecified atom stereocenters. The Kier molecular flexibility index (Phi) is 4.11. The molecule has 0 saturated heterocycles. The van der Waals surface area contributed by atoms with Crippen molar-refractivity contribution in [1.82, 2.24) is 9.55 Å². The maximum absolute atomic E-state index is 6.68. The number of nitrogens with two attached hydrogens (primary N) is 1. The maximum atomic E-state index is 6.68. The lowest BCUT2D eigenvalue weighted by atomic mass is 9.71. The van der Waals surface area contributed by atoms with Gasteiger partial charge in [-0.1, -0.05) is 43.2 Å². The van der Waals surface area contributed by atoms with E-state index in [1.807, 2.05) is 12.4 Å². The summed E-state index contributed by atoms with van der Waals surface area (Å²) in [7, 11) is 2.05. The topological polar surface area (TPSA) is 43.8 Å². The van der Waals surface area contributed by atoms with Gasteiger partial charge in [0.2, 0.25) is 0 Å². The minimum atomic E-state index is 0.173. The summed E-state index contributed by atoms with van der Waals surface area (Å²) >= 11 is 0.